The molecular formula is C20H15N3OS2. The zero-order chi connectivity index (χ0) is 17.9. The minimum absolute atomic E-state index is 0.177. The number of carbonyl (C=O) groups excluding carboxylic acids is 1. The van der Waals surface area contributed by atoms with E-state index in [9.17, 15) is 4.79 Å². The molecule has 26 heavy (non-hydrogen) atoms. The van der Waals surface area contributed by atoms with Gasteiger partial charge >= 0.3 is 0 Å². The number of rotatable bonds is 4. The summed E-state index contributed by atoms with van der Waals surface area (Å²) in [5.74, 6) is -0.177. The molecule has 4 aromatic rings. The number of thiazole rings is 2. The number of fused-ring (bicyclic) bond motifs is 1. The molecular weight excluding hydrogens is 362 g/mol. The van der Waals surface area contributed by atoms with Gasteiger partial charge < -0.3 is 5.32 Å². The first-order chi connectivity index (χ1) is 12.7. The van der Waals surface area contributed by atoms with Crippen LogP contribution in [-0.2, 0) is 4.79 Å². The lowest BCUT2D eigenvalue weighted by Crippen LogP contribution is -2.07. The standard InChI is InChI=1S/C20H15N3OS2/c1-13-21-16(12-25-13)10-11-19(24)22-15-8-6-14(7-9-15)20-23-17-4-2-3-5-18(17)26-20/h2-12H,1H3,(H,22,24)/b11-10+. The van der Waals surface area contributed by atoms with E-state index in [1.54, 1.807) is 28.7 Å². The Bertz CT molecular complexity index is 1060. The number of amides is 1. The number of nitrogens with one attached hydrogen (secondary N) is 1. The molecule has 0 atom stereocenters. The van der Waals surface area contributed by atoms with E-state index < -0.39 is 0 Å². The highest BCUT2D eigenvalue weighted by atomic mass is 32.1. The highest BCUT2D eigenvalue weighted by Crippen LogP contribution is 2.30. The molecule has 0 aliphatic carbocycles. The van der Waals surface area contributed by atoms with Gasteiger partial charge in [-0.1, -0.05) is 12.1 Å². The van der Waals surface area contributed by atoms with E-state index >= 15 is 0 Å². The smallest absolute Gasteiger partial charge is 0.248 e. The van der Waals surface area contributed by atoms with E-state index in [0.29, 0.717) is 0 Å². The van der Waals surface area contributed by atoms with Gasteiger partial charge in [-0.25, -0.2) is 9.97 Å². The second kappa shape index (κ2) is 7.19. The van der Waals surface area contributed by atoms with Crippen molar-refractivity contribution in [1.29, 1.82) is 0 Å². The van der Waals surface area contributed by atoms with Crippen LogP contribution in [-0.4, -0.2) is 15.9 Å². The summed E-state index contributed by atoms with van der Waals surface area (Å²) in [5.41, 5.74) is 3.60. The van der Waals surface area contributed by atoms with Crippen molar-refractivity contribution < 1.29 is 4.79 Å². The minimum Gasteiger partial charge on any atom is -0.323 e. The van der Waals surface area contributed by atoms with Crippen LogP contribution in [0.3, 0.4) is 0 Å². The van der Waals surface area contributed by atoms with E-state index in [4.69, 9.17) is 0 Å². The normalized spacial score (nSPS) is 11.3. The Labute approximate surface area is 158 Å². The predicted molar refractivity (Wildman–Crippen MR) is 110 cm³/mol. The maximum Gasteiger partial charge on any atom is 0.248 e. The molecule has 2 aromatic carbocycles. The quantitative estimate of drug-likeness (QED) is 0.486. The number of anilines is 1. The molecule has 4 rings (SSSR count). The van der Waals surface area contributed by atoms with E-state index in [-0.39, 0.29) is 5.91 Å². The molecule has 1 N–H and O–H groups in total. The zero-order valence-electron chi connectivity index (χ0n) is 14.0. The Morgan fingerprint density at radius 2 is 1.88 bits per heavy atom. The summed E-state index contributed by atoms with van der Waals surface area (Å²) in [7, 11) is 0. The second-order valence-electron chi connectivity index (χ2n) is 5.68. The average molecular weight is 377 g/mol. The average Bonchev–Trinajstić information content (AvgIpc) is 3.26. The molecule has 128 valence electrons. The summed E-state index contributed by atoms with van der Waals surface area (Å²) in [5, 5.41) is 6.74. The number of hydrogen-bond acceptors (Lipinski definition) is 5. The Balaban J connectivity index is 1.45. The Morgan fingerprint density at radius 1 is 1.08 bits per heavy atom. The van der Waals surface area contributed by atoms with Gasteiger partial charge in [0.05, 0.1) is 20.9 Å². The van der Waals surface area contributed by atoms with Gasteiger partial charge in [0.25, 0.3) is 0 Å². The van der Waals surface area contributed by atoms with Gasteiger partial charge in [-0.3, -0.25) is 4.79 Å². The van der Waals surface area contributed by atoms with Crippen LogP contribution in [0.5, 0.6) is 0 Å². The first-order valence-corrected chi connectivity index (χ1v) is 9.74. The third kappa shape index (κ3) is 3.71. The fraction of sp³-hybridized carbons (Fsp3) is 0.0500. The largest absolute Gasteiger partial charge is 0.323 e. The van der Waals surface area contributed by atoms with Crippen LogP contribution < -0.4 is 5.32 Å². The fourth-order valence-electron chi connectivity index (χ4n) is 2.49. The van der Waals surface area contributed by atoms with Gasteiger partial charge in [0.2, 0.25) is 5.91 Å². The van der Waals surface area contributed by atoms with Crippen molar-refractivity contribution in [1.82, 2.24) is 9.97 Å². The van der Waals surface area contributed by atoms with Crippen molar-refractivity contribution in [2.45, 2.75) is 6.92 Å². The van der Waals surface area contributed by atoms with E-state index in [2.05, 4.69) is 21.4 Å². The lowest BCUT2D eigenvalue weighted by Gasteiger charge is -2.03. The van der Waals surface area contributed by atoms with Gasteiger partial charge in [0.15, 0.2) is 0 Å². The molecule has 2 heterocycles. The van der Waals surface area contributed by atoms with E-state index in [1.807, 2.05) is 54.8 Å². The van der Waals surface area contributed by atoms with Crippen LogP contribution >= 0.6 is 22.7 Å². The van der Waals surface area contributed by atoms with Crippen LogP contribution in [0.4, 0.5) is 5.69 Å². The van der Waals surface area contributed by atoms with Crippen molar-refractivity contribution in [3.63, 3.8) is 0 Å². The highest BCUT2D eigenvalue weighted by Gasteiger charge is 2.06. The SMILES string of the molecule is Cc1nc(/C=C/C(=O)Nc2ccc(-c3nc4ccccc4s3)cc2)cs1. The Hall–Kier alpha value is -2.83. The van der Waals surface area contributed by atoms with Crippen LogP contribution in [0.2, 0.25) is 0 Å². The first-order valence-electron chi connectivity index (χ1n) is 8.04. The van der Waals surface area contributed by atoms with Crippen LogP contribution in [0.1, 0.15) is 10.7 Å². The van der Waals surface area contributed by atoms with Gasteiger partial charge in [-0.05, 0) is 49.4 Å². The van der Waals surface area contributed by atoms with Crippen LogP contribution in [0, 0.1) is 6.92 Å². The zero-order valence-corrected chi connectivity index (χ0v) is 15.6. The summed E-state index contributed by atoms with van der Waals surface area (Å²) in [6, 6.07) is 15.8. The molecule has 0 bridgehead atoms. The van der Waals surface area contributed by atoms with Gasteiger partial charge in [0.1, 0.15) is 5.01 Å². The maximum absolute atomic E-state index is 12.0. The summed E-state index contributed by atoms with van der Waals surface area (Å²) in [4.78, 5) is 21.0. The van der Waals surface area contributed by atoms with Crippen LogP contribution in [0.15, 0.2) is 60.0 Å². The van der Waals surface area contributed by atoms with Crippen molar-refractivity contribution >= 4 is 50.6 Å². The number of para-hydroxylation sites is 1. The summed E-state index contributed by atoms with van der Waals surface area (Å²) >= 11 is 3.22. The molecule has 4 nitrogen and oxygen atoms in total. The van der Waals surface area contributed by atoms with Crippen molar-refractivity contribution in [3.05, 3.63) is 70.7 Å². The molecule has 0 saturated carbocycles. The number of hydrogen-bond donors (Lipinski definition) is 1. The number of benzene rings is 2. The molecule has 0 aliphatic heterocycles. The topological polar surface area (TPSA) is 54.9 Å². The molecule has 2 aromatic heterocycles. The molecule has 6 heteroatoms. The monoisotopic (exact) mass is 377 g/mol. The molecule has 0 saturated heterocycles. The Morgan fingerprint density at radius 3 is 2.62 bits per heavy atom. The molecule has 0 spiro atoms. The summed E-state index contributed by atoms with van der Waals surface area (Å²) < 4.78 is 1.17. The Kier molecular flexibility index (Phi) is 4.60. The number of nitrogens with zero attached hydrogens (tertiary/aromatic N) is 2. The van der Waals surface area contributed by atoms with Crippen molar-refractivity contribution in [2.24, 2.45) is 0 Å². The van der Waals surface area contributed by atoms with Gasteiger partial charge in [-0.15, -0.1) is 22.7 Å². The number of aromatic nitrogens is 2. The predicted octanol–water partition coefficient (Wildman–Crippen LogP) is 5.38. The summed E-state index contributed by atoms with van der Waals surface area (Å²) in [6.07, 6.45) is 3.21. The molecule has 0 aliphatic rings. The van der Waals surface area contributed by atoms with Gasteiger partial charge in [0, 0.05) is 22.7 Å². The number of carbonyl (C=O) groups is 1. The number of aryl methyl sites for hydroxylation is 1. The first kappa shape index (κ1) is 16.6. The molecule has 0 unspecified atom stereocenters. The molecule has 0 radical (unpaired) electrons. The maximum atomic E-state index is 12.0. The second-order valence-corrected chi connectivity index (χ2v) is 7.77. The molecule has 0 fully saturated rings. The lowest BCUT2D eigenvalue weighted by atomic mass is 10.2. The minimum atomic E-state index is -0.177. The fourth-order valence-corrected chi connectivity index (χ4v) is 4.05. The van der Waals surface area contributed by atoms with Crippen LogP contribution in [0.25, 0.3) is 26.9 Å². The third-order valence-corrected chi connectivity index (χ3v) is 5.61. The molecule has 1 amide bonds. The summed E-state index contributed by atoms with van der Waals surface area (Å²) in [6.45, 7) is 1.94. The van der Waals surface area contributed by atoms with Gasteiger partial charge in [-0.2, -0.15) is 0 Å². The van der Waals surface area contributed by atoms with Crippen molar-refractivity contribution in [3.8, 4) is 10.6 Å². The van der Waals surface area contributed by atoms with E-state index in [0.717, 1.165) is 32.5 Å². The van der Waals surface area contributed by atoms with Crippen molar-refractivity contribution in [2.75, 3.05) is 5.32 Å². The third-order valence-electron chi connectivity index (χ3n) is 3.74. The van der Waals surface area contributed by atoms with E-state index in [1.165, 1.54) is 10.8 Å². The highest BCUT2D eigenvalue weighted by molar-refractivity contribution is 7.21. The lowest BCUT2D eigenvalue weighted by molar-refractivity contribution is -0.111.